The number of nitrogens with zero attached hydrogens (tertiary/aromatic N) is 3. The van der Waals surface area contributed by atoms with E-state index in [-0.39, 0.29) is 24.1 Å². The van der Waals surface area contributed by atoms with E-state index < -0.39 is 5.54 Å². The van der Waals surface area contributed by atoms with E-state index in [4.69, 9.17) is 4.52 Å². The largest absolute Gasteiger partial charge is 0.343 e. The molecule has 1 fully saturated rings. The van der Waals surface area contributed by atoms with Crippen LogP contribution in [0.25, 0.3) is 0 Å². The predicted molar refractivity (Wildman–Crippen MR) is 126 cm³/mol. The Bertz CT molecular complexity index is 1120. The second kappa shape index (κ2) is 10.9. The molecule has 8 nitrogen and oxygen atoms in total. The molecule has 1 saturated carbocycles. The molecule has 0 aliphatic heterocycles. The van der Waals surface area contributed by atoms with Gasteiger partial charge in [0.1, 0.15) is 11.4 Å². The number of carbonyl (C=O) groups is 2. The zero-order valence-electron chi connectivity index (χ0n) is 19.1. The van der Waals surface area contributed by atoms with Crippen LogP contribution in [0.4, 0.5) is 9.52 Å². The van der Waals surface area contributed by atoms with Gasteiger partial charge in [0.25, 0.3) is 0 Å². The van der Waals surface area contributed by atoms with Crippen LogP contribution in [-0.2, 0) is 28.0 Å². The standard InChI is InChI=1S/C24H28FN5O3S/c1-16(31)29-24(12-4-2-3-5-13-24)22-28-21(33-30-22)11-10-20(32)27-23-26-15-19(34-23)14-17-6-8-18(25)9-7-17/h6-9,15H,2-5,10-14H2,1H3,(H,29,31)(H,26,27,32). The number of aromatic nitrogens is 3. The third-order valence-corrected chi connectivity index (χ3v) is 6.84. The number of amides is 2. The van der Waals surface area contributed by atoms with Crippen molar-refractivity contribution in [2.75, 3.05) is 5.32 Å². The molecule has 10 heteroatoms. The molecule has 0 spiro atoms. The molecule has 1 aliphatic rings. The quantitative estimate of drug-likeness (QED) is 0.454. The van der Waals surface area contributed by atoms with Crippen molar-refractivity contribution in [3.05, 3.63) is 58.4 Å². The maximum Gasteiger partial charge on any atom is 0.227 e. The fraction of sp³-hybridized carbons (Fsp3) is 0.458. The summed E-state index contributed by atoms with van der Waals surface area (Å²) < 4.78 is 18.5. The Hall–Kier alpha value is -3.14. The van der Waals surface area contributed by atoms with E-state index in [0.717, 1.165) is 49.0 Å². The topological polar surface area (TPSA) is 110 Å². The summed E-state index contributed by atoms with van der Waals surface area (Å²) in [5.41, 5.74) is 0.370. The number of nitrogens with one attached hydrogen (secondary N) is 2. The average Bonchev–Trinajstić information content (AvgIpc) is 3.39. The first-order chi connectivity index (χ1) is 16.4. The van der Waals surface area contributed by atoms with Gasteiger partial charge in [0.2, 0.25) is 17.7 Å². The van der Waals surface area contributed by atoms with Crippen LogP contribution < -0.4 is 10.6 Å². The number of hydrogen-bond donors (Lipinski definition) is 2. The summed E-state index contributed by atoms with van der Waals surface area (Å²) >= 11 is 1.38. The molecule has 0 unspecified atom stereocenters. The first-order valence-electron chi connectivity index (χ1n) is 11.5. The normalized spacial score (nSPS) is 15.5. The number of benzene rings is 1. The molecule has 2 amide bonds. The minimum Gasteiger partial charge on any atom is -0.343 e. The number of thiazole rings is 1. The second-order valence-electron chi connectivity index (χ2n) is 8.67. The summed E-state index contributed by atoms with van der Waals surface area (Å²) in [6.07, 6.45) is 8.56. The van der Waals surface area contributed by atoms with Gasteiger partial charge in [0.05, 0.1) is 0 Å². The monoisotopic (exact) mass is 485 g/mol. The lowest BCUT2D eigenvalue weighted by molar-refractivity contribution is -0.121. The highest BCUT2D eigenvalue weighted by Gasteiger charge is 2.38. The molecule has 3 aromatic rings. The van der Waals surface area contributed by atoms with Gasteiger partial charge in [-0.25, -0.2) is 9.37 Å². The van der Waals surface area contributed by atoms with E-state index in [1.165, 1.54) is 30.4 Å². The van der Waals surface area contributed by atoms with Crippen LogP contribution in [0.2, 0.25) is 0 Å². The van der Waals surface area contributed by atoms with Crippen molar-refractivity contribution in [2.24, 2.45) is 0 Å². The highest BCUT2D eigenvalue weighted by atomic mass is 32.1. The highest BCUT2D eigenvalue weighted by molar-refractivity contribution is 7.15. The van der Waals surface area contributed by atoms with Crippen LogP contribution in [0.1, 0.15) is 74.0 Å². The minimum absolute atomic E-state index is 0.116. The molecular formula is C24H28FN5O3S. The Kier molecular flexibility index (Phi) is 7.66. The lowest BCUT2D eigenvalue weighted by Crippen LogP contribution is -2.45. The Balaban J connectivity index is 1.32. The van der Waals surface area contributed by atoms with Crippen molar-refractivity contribution >= 4 is 28.3 Å². The van der Waals surface area contributed by atoms with Crippen LogP contribution >= 0.6 is 11.3 Å². The van der Waals surface area contributed by atoms with Crippen LogP contribution in [0, 0.1) is 5.82 Å². The summed E-state index contributed by atoms with van der Waals surface area (Å²) in [7, 11) is 0. The molecule has 2 aromatic heterocycles. The molecular weight excluding hydrogens is 457 g/mol. The lowest BCUT2D eigenvalue weighted by Gasteiger charge is -2.30. The highest BCUT2D eigenvalue weighted by Crippen LogP contribution is 2.34. The minimum atomic E-state index is -0.603. The molecule has 4 rings (SSSR count). The van der Waals surface area contributed by atoms with Crippen molar-refractivity contribution in [3.63, 3.8) is 0 Å². The molecule has 34 heavy (non-hydrogen) atoms. The molecule has 0 atom stereocenters. The van der Waals surface area contributed by atoms with Gasteiger partial charge in [-0.05, 0) is 30.5 Å². The van der Waals surface area contributed by atoms with Crippen LogP contribution in [-0.4, -0.2) is 26.9 Å². The Morgan fingerprint density at radius 3 is 2.59 bits per heavy atom. The number of hydrogen-bond acceptors (Lipinski definition) is 7. The zero-order chi connectivity index (χ0) is 24.0. The van der Waals surface area contributed by atoms with Gasteiger partial charge in [-0.15, -0.1) is 11.3 Å². The molecule has 0 radical (unpaired) electrons. The van der Waals surface area contributed by atoms with Gasteiger partial charge >= 0.3 is 0 Å². The fourth-order valence-electron chi connectivity index (χ4n) is 4.28. The summed E-state index contributed by atoms with van der Waals surface area (Å²) in [5, 5.41) is 10.5. The van der Waals surface area contributed by atoms with Gasteiger partial charge < -0.3 is 15.2 Å². The third-order valence-electron chi connectivity index (χ3n) is 5.93. The van der Waals surface area contributed by atoms with Crippen molar-refractivity contribution in [3.8, 4) is 0 Å². The summed E-state index contributed by atoms with van der Waals surface area (Å²) in [6.45, 7) is 1.50. The summed E-state index contributed by atoms with van der Waals surface area (Å²) in [5.74, 6) is 0.276. The lowest BCUT2D eigenvalue weighted by atomic mass is 9.89. The third kappa shape index (κ3) is 6.25. The zero-order valence-corrected chi connectivity index (χ0v) is 19.9. The molecule has 180 valence electrons. The molecule has 2 heterocycles. The van der Waals surface area contributed by atoms with Crippen molar-refractivity contribution < 1.29 is 18.5 Å². The van der Waals surface area contributed by atoms with Gasteiger partial charge in [-0.2, -0.15) is 4.98 Å². The van der Waals surface area contributed by atoms with Crippen LogP contribution in [0.15, 0.2) is 35.0 Å². The average molecular weight is 486 g/mol. The predicted octanol–water partition coefficient (Wildman–Crippen LogP) is 4.51. The van der Waals surface area contributed by atoms with Crippen LogP contribution in [0.5, 0.6) is 0 Å². The van der Waals surface area contributed by atoms with E-state index in [1.807, 2.05) is 0 Å². The van der Waals surface area contributed by atoms with E-state index in [1.54, 1.807) is 18.3 Å². The molecule has 2 N–H and O–H groups in total. The summed E-state index contributed by atoms with van der Waals surface area (Å²) in [6, 6.07) is 6.32. The van der Waals surface area contributed by atoms with Gasteiger partial charge in [-0.3, -0.25) is 9.59 Å². The number of carbonyl (C=O) groups excluding carboxylic acids is 2. The molecule has 1 aliphatic carbocycles. The van der Waals surface area contributed by atoms with Gasteiger partial charge in [0, 0.05) is 37.3 Å². The van der Waals surface area contributed by atoms with E-state index in [2.05, 4.69) is 25.8 Å². The number of aryl methyl sites for hydroxylation is 1. The van der Waals surface area contributed by atoms with Crippen molar-refractivity contribution in [1.82, 2.24) is 20.4 Å². The number of halogens is 1. The van der Waals surface area contributed by atoms with E-state index in [0.29, 0.717) is 29.7 Å². The maximum atomic E-state index is 13.1. The van der Waals surface area contributed by atoms with Crippen LogP contribution in [0.3, 0.4) is 0 Å². The van der Waals surface area contributed by atoms with Crippen molar-refractivity contribution in [1.29, 1.82) is 0 Å². The first-order valence-corrected chi connectivity index (χ1v) is 12.3. The Morgan fingerprint density at radius 1 is 1.15 bits per heavy atom. The molecule has 1 aromatic carbocycles. The van der Waals surface area contributed by atoms with E-state index in [9.17, 15) is 14.0 Å². The van der Waals surface area contributed by atoms with E-state index >= 15 is 0 Å². The number of rotatable bonds is 8. The molecule has 0 bridgehead atoms. The Labute approximate surface area is 201 Å². The second-order valence-corrected chi connectivity index (χ2v) is 9.79. The van der Waals surface area contributed by atoms with Gasteiger partial charge in [-0.1, -0.05) is 43.0 Å². The Morgan fingerprint density at radius 2 is 1.88 bits per heavy atom. The smallest absolute Gasteiger partial charge is 0.227 e. The van der Waals surface area contributed by atoms with Gasteiger partial charge in [0.15, 0.2) is 11.0 Å². The first kappa shape index (κ1) is 24.0. The summed E-state index contributed by atoms with van der Waals surface area (Å²) in [4.78, 5) is 34.0. The number of anilines is 1. The van der Waals surface area contributed by atoms with Crippen molar-refractivity contribution in [2.45, 2.75) is 70.3 Å². The maximum absolute atomic E-state index is 13.1. The molecule has 0 saturated heterocycles. The SMILES string of the molecule is CC(=O)NC1(c2noc(CCC(=O)Nc3ncc(Cc4ccc(F)cc4)s3)n2)CCCCCC1. The fourth-order valence-corrected chi connectivity index (χ4v) is 5.14.